The molecule has 2 atom stereocenters. The normalized spacial score (nSPS) is 25.6. The molecule has 1 aliphatic rings. The van der Waals surface area contributed by atoms with E-state index in [0.29, 0.717) is 6.54 Å². The molecule has 0 spiro atoms. The molecule has 1 aliphatic heterocycles. The van der Waals surface area contributed by atoms with E-state index >= 15 is 0 Å². The van der Waals surface area contributed by atoms with Gasteiger partial charge >= 0.3 is 5.97 Å². The van der Waals surface area contributed by atoms with Crippen molar-refractivity contribution >= 4 is 23.6 Å². The highest BCUT2D eigenvalue weighted by Crippen LogP contribution is 2.39. The zero-order valence-corrected chi connectivity index (χ0v) is 11.5. The van der Waals surface area contributed by atoms with E-state index in [1.54, 1.807) is 23.6 Å². The molecule has 1 fully saturated rings. The summed E-state index contributed by atoms with van der Waals surface area (Å²) in [5, 5.41) is 8.80. The second-order valence-corrected chi connectivity index (χ2v) is 6.32. The van der Waals surface area contributed by atoms with Gasteiger partial charge in [0.25, 0.3) is 0 Å². The largest absolute Gasteiger partial charge is 0.481 e. The number of nitrogens with zero attached hydrogens (tertiary/aromatic N) is 1. The van der Waals surface area contributed by atoms with Gasteiger partial charge in [0.2, 0.25) is 5.91 Å². The van der Waals surface area contributed by atoms with Gasteiger partial charge in [0, 0.05) is 12.6 Å². The maximum absolute atomic E-state index is 12.4. The fourth-order valence-corrected chi connectivity index (χ4v) is 3.54. The highest BCUT2D eigenvalue weighted by Gasteiger charge is 2.40. The summed E-state index contributed by atoms with van der Waals surface area (Å²) < 4.78 is -0.344. The van der Waals surface area contributed by atoms with E-state index in [-0.39, 0.29) is 23.1 Å². The molecule has 2 unspecified atom stereocenters. The van der Waals surface area contributed by atoms with Crippen molar-refractivity contribution in [2.45, 2.75) is 50.8 Å². The zero-order valence-electron chi connectivity index (χ0n) is 10.7. The van der Waals surface area contributed by atoms with E-state index in [1.807, 2.05) is 13.8 Å². The van der Waals surface area contributed by atoms with Crippen molar-refractivity contribution < 1.29 is 14.7 Å². The first-order chi connectivity index (χ1) is 7.90. The van der Waals surface area contributed by atoms with Crippen LogP contribution in [0.4, 0.5) is 0 Å². The van der Waals surface area contributed by atoms with Crippen LogP contribution in [0.5, 0.6) is 0 Å². The van der Waals surface area contributed by atoms with E-state index in [4.69, 9.17) is 5.11 Å². The highest BCUT2D eigenvalue weighted by atomic mass is 32.2. The zero-order chi connectivity index (χ0) is 13.1. The lowest BCUT2D eigenvalue weighted by atomic mass is 10.0. The number of thioether (sulfide) groups is 1. The summed E-state index contributed by atoms with van der Waals surface area (Å²) in [5.41, 5.74) is 0. The Bertz CT molecular complexity index is 300. The Morgan fingerprint density at radius 2 is 2.18 bits per heavy atom. The van der Waals surface area contributed by atoms with Crippen molar-refractivity contribution in [1.29, 1.82) is 0 Å². The van der Waals surface area contributed by atoms with Gasteiger partial charge in [0.1, 0.15) is 0 Å². The molecule has 1 amide bonds. The molecule has 4 nitrogen and oxygen atoms in total. The minimum Gasteiger partial charge on any atom is -0.481 e. The SMILES string of the molecule is CCN(C(=O)C1(C)CCCS1)C(C)CC(=O)O. The summed E-state index contributed by atoms with van der Waals surface area (Å²) in [4.78, 5) is 24.8. The van der Waals surface area contributed by atoms with Gasteiger partial charge in [-0.15, -0.1) is 11.8 Å². The van der Waals surface area contributed by atoms with Crippen LogP contribution in [0.15, 0.2) is 0 Å². The molecule has 1 heterocycles. The molecule has 0 radical (unpaired) electrons. The van der Waals surface area contributed by atoms with Gasteiger partial charge in [-0.3, -0.25) is 9.59 Å². The minimum absolute atomic E-state index is 0.0142. The number of carboxylic acid groups (broad SMARTS) is 1. The third kappa shape index (κ3) is 3.37. The molecule has 1 rings (SSSR count). The van der Waals surface area contributed by atoms with Crippen LogP contribution >= 0.6 is 11.8 Å². The summed E-state index contributed by atoms with van der Waals surface area (Å²) in [5.74, 6) is 0.261. The van der Waals surface area contributed by atoms with Gasteiger partial charge in [-0.2, -0.15) is 0 Å². The fourth-order valence-electron chi connectivity index (χ4n) is 2.27. The number of hydrogen-bond donors (Lipinski definition) is 1. The van der Waals surface area contributed by atoms with E-state index in [2.05, 4.69) is 0 Å². The number of amides is 1. The number of hydrogen-bond acceptors (Lipinski definition) is 3. The monoisotopic (exact) mass is 259 g/mol. The second kappa shape index (κ2) is 5.76. The maximum atomic E-state index is 12.4. The van der Waals surface area contributed by atoms with Crippen LogP contribution in [0, 0.1) is 0 Å². The Labute approximate surface area is 107 Å². The predicted molar refractivity (Wildman–Crippen MR) is 69.2 cm³/mol. The molecule has 0 bridgehead atoms. The van der Waals surface area contributed by atoms with Crippen molar-refractivity contribution in [3.05, 3.63) is 0 Å². The molecule has 0 aromatic carbocycles. The van der Waals surface area contributed by atoms with Gasteiger partial charge in [-0.25, -0.2) is 0 Å². The molecule has 98 valence electrons. The van der Waals surface area contributed by atoms with E-state index in [9.17, 15) is 9.59 Å². The standard InChI is InChI=1S/C12H21NO3S/c1-4-13(9(2)8-10(14)15)11(16)12(3)6-5-7-17-12/h9H,4-8H2,1-3H3,(H,14,15). The van der Waals surface area contributed by atoms with Gasteiger partial charge in [0.05, 0.1) is 11.2 Å². The minimum atomic E-state index is -0.854. The smallest absolute Gasteiger partial charge is 0.305 e. The lowest BCUT2D eigenvalue weighted by Crippen LogP contribution is -2.48. The Kier molecular flexibility index (Phi) is 4.86. The molecule has 0 aromatic heterocycles. The lowest BCUT2D eigenvalue weighted by Gasteiger charge is -2.34. The fraction of sp³-hybridized carbons (Fsp3) is 0.833. The Morgan fingerprint density at radius 1 is 1.53 bits per heavy atom. The first-order valence-corrected chi connectivity index (χ1v) is 7.06. The Hall–Kier alpha value is -0.710. The molecule has 5 heteroatoms. The molecular formula is C12H21NO3S. The second-order valence-electron chi connectivity index (χ2n) is 4.72. The van der Waals surface area contributed by atoms with Crippen LogP contribution in [-0.2, 0) is 9.59 Å². The molecule has 0 aliphatic carbocycles. The Balaban J connectivity index is 2.72. The summed E-state index contributed by atoms with van der Waals surface area (Å²) >= 11 is 1.69. The summed E-state index contributed by atoms with van der Waals surface area (Å²) in [6, 6.07) is -0.233. The van der Waals surface area contributed by atoms with Crippen LogP contribution in [0.3, 0.4) is 0 Å². The van der Waals surface area contributed by atoms with E-state index in [0.717, 1.165) is 18.6 Å². The van der Waals surface area contributed by atoms with Crippen molar-refractivity contribution in [2.24, 2.45) is 0 Å². The first-order valence-electron chi connectivity index (χ1n) is 6.07. The topological polar surface area (TPSA) is 57.6 Å². The van der Waals surface area contributed by atoms with Crippen molar-refractivity contribution in [1.82, 2.24) is 4.90 Å². The van der Waals surface area contributed by atoms with Crippen LogP contribution in [0.25, 0.3) is 0 Å². The third-order valence-electron chi connectivity index (χ3n) is 3.27. The van der Waals surface area contributed by atoms with Crippen LogP contribution < -0.4 is 0 Å². The average Bonchev–Trinajstić information content (AvgIpc) is 2.66. The lowest BCUT2D eigenvalue weighted by molar-refractivity contribution is -0.141. The third-order valence-corrected chi connectivity index (χ3v) is 4.78. The quantitative estimate of drug-likeness (QED) is 0.820. The molecule has 0 saturated carbocycles. The van der Waals surface area contributed by atoms with Crippen LogP contribution in [0.2, 0.25) is 0 Å². The molecule has 17 heavy (non-hydrogen) atoms. The summed E-state index contributed by atoms with van der Waals surface area (Å²) in [6.07, 6.45) is 1.98. The van der Waals surface area contributed by atoms with Gasteiger partial charge in [-0.1, -0.05) is 0 Å². The first kappa shape index (κ1) is 14.4. The predicted octanol–water partition coefficient (Wildman–Crippen LogP) is 1.98. The van der Waals surface area contributed by atoms with E-state index < -0.39 is 5.97 Å². The molecule has 0 aromatic rings. The van der Waals surface area contributed by atoms with Crippen LogP contribution in [-0.4, -0.2) is 45.0 Å². The average molecular weight is 259 g/mol. The molecule has 1 N–H and O–H groups in total. The highest BCUT2D eigenvalue weighted by molar-refractivity contribution is 8.01. The maximum Gasteiger partial charge on any atom is 0.305 e. The molecule has 1 saturated heterocycles. The van der Waals surface area contributed by atoms with Gasteiger partial charge in [-0.05, 0) is 39.4 Å². The summed E-state index contributed by atoms with van der Waals surface area (Å²) in [6.45, 7) is 6.25. The number of aliphatic carboxylic acids is 1. The number of carbonyl (C=O) groups is 2. The van der Waals surface area contributed by atoms with Crippen molar-refractivity contribution in [2.75, 3.05) is 12.3 Å². The van der Waals surface area contributed by atoms with Crippen molar-refractivity contribution in [3.63, 3.8) is 0 Å². The molecular weight excluding hydrogens is 238 g/mol. The number of carbonyl (C=O) groups excluding carboxylic acids is 1. The number of rotatable bonds is 5. The van der Waals surface area contributed by atoms with E-state index in [1.165, 1.54) is 0 Å². The number of carboxylic acids is 1. The van der Waals surface area contributed by atoms with Crippen LogP contribution in [0.1, 0.15) is 40.0 Å². The summed E-state index contributed by atoms with van der Waals surface area (Å²) in [7, 11) is 0. The Morgan fingerprint density at radius 3 is 2.59 bits per heavy atom. The van der Waals surface area contributed by atoms with Gasteiger partial charge < -0.3 is 10.0 Å². The van der Waals surface area contributed by atoms with Gasteiger partial charge in [0.15, 0.2) is 0 Å². The van der Waals surface area contributed by atoms with Crippen molar-refractivity contribution in [3.8, 4) is 0 Å².